The molecule has 15 rings (SSSR count). The van der Waals surface area contributed by atoms with Crippen LogP contribution in [-0.4, -0.2) is 8.07 Å². The van der Waals surface area contributed by atoms with Crippen LogP contribution >= 0.6 is 0 Å². The van der Waals surface area contributed by atoms with Crippen LogP contribution in [0.1, 0.15) is 130 Å². The summed E-state index contributed by atoms with van der Waals surface area (Å²) in [5.41, 5.74) is 23.7. The van der Waals surface area contributed by atoms with Crippen molar-refractivity contribution in [1.82, 2.24) is 0 Å². The van der Waals surface area contributed by atoms with E-state index in [1.165, 1.54) is 121 Å². The molecule has 2 saturated carbocycles. The average molecular weight is 973 g/mol. The van der Waals surface area contributed by atoms with Gasteiger partial charge in [0.25, 0.3) is 0 Å². The van der Waals surface area contributed by atoms with Crippen LogP contribution in [0.15, 0.2) is 194 Å². The van der Waals surface area contributed by atoms with Gasteiger partial charge in [-0.2, -0.15) is 0 Å². The summed E-state index contributed by atoms with van der Waals surface area (Å²) in [6.45, 7) is 7.32. The van der Waals surface area contributed by atoms with Crippen molar-refractivity contribution in [3.63, 3.8) is 0 Å². The van der Waals surface area contributed by atoms with Crippen molar-refractivity contribution in [2.24, 2.45) is 0 Å². The number of hydrogen-bond acceptors (Lipinski definition) is 1. The predicted molar refractivity (Wildman–Crippen MR) is 312 cm³/mol. The molecular weight excluding hydrogens is 909 g/mol. The Labute approximate surface area is 441 Å². The lowest BCUT2D eigenvalue weighted by molar-refractivity contribution is 0.421. The molecule has 0 bridgehead atoms. The molecule has 9 aromatic rings. The smallest absolute Gasteiger partial charge is 0.150 e. The van der Waals surface area contributed by atoms with Gasteiger partial charge >= 0.3 is 0 Å². The third kappa shape index (κ3) is 6.59. The SMILES string of the molecule is [2H]C1(c2ccc3c(c2)CC2=Cc4c(ccc(C5([2H])CCCC5)c4-c4ccc5c(c4)C(C)(C)c4cccc([Si](C)(c6ccccc6)c6ccc7c(c6)-c6ccccc6-c6ccccc6-c6ccccc6-7)c4O5)C23)CCCC1. The summed E-state index contributed by atoms with van der Waals surface area (Å²) in [6.07, 6.45) is 11.6. The molecule has 6 aliphatic rings. The summed E-state index contributed by atoms with van der Waals surface area (Å²) in [7, 11) is -2.83. The van der Waals surface area contributed by atoms with E-state index in [0.717, 1.165) is 69.3 Å². The Balaban J connectivity index is 0.863. The largest absolute Gasteiger partial charge is 0.457 e. The monoisotopic (exact) mass is 972 g/mol. The fourth-order valence-electron chi connectivity index (χ4n) is 14.8. The molecule has 0 amide bonds. The highest BCUT2D eigenvalue weighted by Crippen LogP contribution is 2.56. The third-order valence-corrected chi connectivity index (χ3v) is 23.0. The molecule has 0 spiro atoms. The quantitative estimate of drug-likeness (QED) is 0.119. The van der Waals surface area contributed by atoms with Gasteiger partial charge in [-0.15, -0.1) is 0 Å². The summed E-state index contributed by atoms with van der Waals surface area (Å²) in [6, 6.07) is 71.1. The van der Waals surface area contributed by atoms with E-state index >= 15 is 0 Å². The van der Waals surface area contributed by atoms with Gasteiger partial charge in [-0.05, 0) is 161 Å². The van der Waals surface area contributed by atoms with E-state index in [0.29, 0.717) is 0 Å². The standard InChI is InChI=1S/C72H62OSi/c1-72(2)65-30-17-31-68(74(3,51-22-5-4-6-23-51)52-34-36-61-59-28-14-13-26-57(59)55-24-11-12-25-56(55)58-27-15-16-29-60(58)63(61)44-52)71(65)73-67-39-33-48(43-66(67)72)69-53(46-20-9-10-21-46)37-38-62-64(69)42-50-41-49-40-47(45-18-7-8-19-45)32-35-54(49)70(50)62/h4-6,11-17,22-40,42-46,70H,7-10,18-21,41H2,1-3H3/i45D,46D. The molecule has 74 heavy (non-hydrogen) atoms. The zero-order valence-electron chi connectivity index (χ0n) is 44.8. The third-order valence-electron chi connectivity index (χ3n) is 18.6. The summed E-state index contributed by atoms with van der Waals surface area (Å²) in [5, 5.41) is 3.96. The first-order valence-electron chi connectivity index (χ1n) is 28.5. The second-order valence-corrected chi connectivity index (χ2v) is 26.8. The number of fused-ring (bicyclic) bond motifs is 15. The zero-order valence-corrected chi connectivity index (χ0v) is 43.8. The summed E-state index contributed by atoms with van der Waals surface area (Å²) in [5.74, 6) is 1.04. The van der Waals surface area contributed by atoms with Crippen LogP contribution in [0.5, 0.6) is 11.5 Å². The second kappa shape index (κ2) is 16.9. The van der Waals surface area contributed by atoms with Crippen LogP contribution in [0.2, 0.25) is 6.55 Å². The van der Waals surface area contributed by atoms with Crippen LogP contribution in [0, 0.1) is 0 Å². The van der Waals surface area contributed by atoms with Gasteiger partial charge in [0.05, 0.1) is 0 Å². The summed E-state index contributed by atoms with van der Waals surface area (Å²) < 4.78 is 26.9. The van der Waals surface area contributed by atoms with Gasteiger partial charge in [0, 0.05) is 25.2 Å². The second-order valence-electron chi connectivity index (χ2n) is 22.9. The lowest BCUT2D eigenvalue weighted by Crippen LogP contribution is -2.65. The lowest BCUT2D eigenvalue weighted by atomic mass is 9.74. The molecule has 0 aromatic heterocycles. The van der Waals surface area contributed by atoms with Gasteiger partial charge in [-0.1, -0.05) is 234 Å². The fraction of sp³-hybridized carbons (Fsp3) is 0.222. The van der Waals surface area contributed by atoms with E-state index in [-0.39, 0.29) is 5.92 Å². The minimum absolute atomic E-state index is 0.222. The maximum atomic E-state index is 10.1. The van der Waals surface area contributed by atoms with Crippen LogP contribution in [-0.2, 0) is 11.8 Å². The van der Waals surface area contributed by atoms with E-state index in [4.69, 9.17) is 4.74 Å². The zero-order chi connectivity index (χ0) is 51.1. The van der Waals surface area contributed by atoms with E-state index in [2.05, 4.69) is 215 Å². The number of ether oxygens (including phenoxy) is 1. The molecule has 0 N–H and O–H groups in total. The van der Waals surface area contributed by atoms with Gasteiger partial charge in [-0.25, -0.2) is 0 Å². The molecule has 1 heterocycles. The molecule has 5 aliphatic carbocycles. The van der Waals surface area contributed by atoms with Crippen LogP contribution in [0.4, 0.5) is 0 Å². The lowest BCUT2D eigenvalue weighted by Gasteiger charge is -2.39. The van der Waals surface area contributed by atoms with Crippen LogP contribution < -0.4 is 20.3 Å². The van der Waals surface area contributed by atoms with Crippen LogP contribution in [0.3, 0.4) is 0 Å². The minimum atomic E-state index is -2.83. The molecule has 0 radical (unpaired) electrons. The van der Waals surface area contributed by atoms with Gasteiger partial charge in [-0.3, -0.25) is 0 Å². The normalized spacial score (nSPS) is 19.7. The van der Waals surface area contributed by atoms with Crippen molar-refractivity contribution in [3.05, 3.63) is 238 Å². The van der Waals surface area contributed by atoms with Crippen molar-refractivity contribution in [2.75, 3.05) is 0 Å². The Bertz CT molecular complexity index is 3920. The first-order chi connectivity index (χ1) is 37.0. The highest BCUT2D eigenvalue weighted by atomic mass is 28.3. The van der Waals surface area contributed by atoms with E-state index in [9.17, 15) is 2.74 Å². The Hall–Kier alpha value is -7.26. The van der Waals surface area contributed by atoms with Crippen molar-refractivity contribution in [2.45, 2.75) is 101 Å². The van der Waals surface area contributed by atoms with E-state index in [1.807, 2.05) is 0 Å². The Morgan fingerprint density at radius 2 is 1.09 bits per heavy atom. The maximum Gasteiger partial charge on any atom is 0.150 e. The van der Waals surface area contributed by atoms with Crippen molar-refractivity contribution in [3.8, 4) is 67.1 Å². The number of rotatable bonds is 6. The average Bonchev–Trinajstić information content (AvgIpc) is 4.27. The molecular formula is C72H62OSi. The molecule has 1 aliphatic heterocycles. The highest BCUT2D eigenvalue weighted by molar-refractivity contribution is 7.11. The summed E-state index contributed by atoms with van der Waals surface area (Å²) >= 11 is 0. The number of allylic oxidation sites excluding steroid dienone is 1. The molecule has 0 saturated heterocycles. The van der Waals surface area contributed by atoms with Crippen LogP contribution in [0.25, 0.3) is 61.7 Å². The van der Waals surface area contributed by atoms with Gasteiger partial charge in [0.2, 0.25) is 0 Å². The maximum absolute atomic E-state index is 10.1. The molecule has 9 aromatic carbocycles. The Kier molecular flexibility index (Phi) is 9.61. The predicted octanol–water partition coefficient (Wildman–Crippen LogP) is 17.3. The molecule has 1 nitrogen and oxygen atoms in total. The van der Waals surface area contributed by atoms with E-state index < -0.39 is 25.3 Å². The first kappa shape index (κ1) is 42.1. The van der Waals surface area contributed by atoms with E-state index in [1.54, 1.807) is 0 Å². The van der Waals surface area contributed by atoms with Gasteiger partial charge in [0.1, 0.15) is 19.6 Å². The highest BCUT2D eigenvalue weighted by Gasteiger charge is 2.44. The van der Waals surface area contributed by atoms with Crippen molar-refractivity contribution < 1.29 is 7.48 Å². The number of para-hydroxylation sites is 1. The molecule has 2 fully saturated rings. The molecule has 2 atom stereocenters. The number of benzene rings is 9. The Morgan fingerprint density at radius 3 is 1.77 bits per heavy atom. The fourth-order valence-corrected chi connectivity index (χ4v) is 18.5. The minimum Gasteiger partial charge on any atom is -0.457 e. The number of hydrogen-bond donors (Lipinski definition) is 0. The van der Waals surface area contributed by atoms with Gasteiger partial charge in [0.15, 0.2) is 0 Å². The Morgan fingerprint density at radius 1 is 0.500 bits per heavy atom. The van der Waals surface area contributed by atoms with Crippen molar-refractivity contribution >= 4 is 29.7 Å². The van der Waals surface area contributed by atoms with Gasteiger partial charge < -0.3 is 4.74 Å². The molecule has 360 valence electrons. The first-order valence-corrected chi connectivity index (χ1v) is 30.0. The summed E-state index contributed by atoms with van der Waals surface area (Å²) in [4.78, 5) is 0. The molecule has 2 unspecified atom stereocenters. The molecule has 2 heteroatoms. The van der Waals surface area contributed by atoms with Crippen molar-refractivity contribution in [1.29, 1.82) is 0 Å². The topological polar surface area (TPSA) is 9.23 Å².